The van der Waals surface area contributed by atoms with Gasteiger partial charge in [0.2, 0.25) is 11.0 Å². The molecule has 4 aromatic rings. The van der Waals surface area contributed by atoms with Crippen LogP contribution in [0.5, 0.6) is 0 Å². The van der Waals surface area contributed by atoms with Crippen LogP contribution in [0.25, 0.3) is 10.8 Å². The number of carbonyl (C=O) groups excluding carboxylic acids is 2. The van der Waals surface area contributed by atoms with Gasteiger partial charge in [0.25, 0.3) is 11.6 Å². The lowest BCUT2D eigenvalue weighted by Crippen LogP contribution is -2.13. The number of benzene rings is 3. The molecular formula is C21H15N5O4S2. The average Bonchev–Trinajstić information content (AvgIpc) is 3.25. The highest BCUT2D eigenvalue weighted by atomic mass is 32.2. The maximum absolute atomic E-state index is 12.7. The maximum atomic E-state index is 12.7. The van der Waals surface area contributed by atoms with Crippen molar-refractivity contribution in [2.45, 2.75) is 4.34 Å². The van der Waals surface area contributed by atoms with Gasteiger partial charge >= 0.3 is 0 Å². The highest BCUT2D eigenvalue weighted by molar-refractivity contribution is 8.01. The number of non-ortho nitro benzene ring substituents is 1. The van der Waals surface area contributed by atoms with E-state index >= 15 is 0 Å². The summed E-state index contributed by atoms with van der Waals surface area (Å²) in [5.74, 6) is -0.506. The Hall–Kier alpha value is -3.83. The molecule has 11 heteroatoms. The van der Waals surface area contributed by atoms with Crippen molar-refractivity contribution in [3.63, 3.8) is 0 Å². The van der Waals surface area contributed by atoms with E-state index in [1.807, 2.05) is 36.4 Å². The molecule has 1 heterocycles. The van der Waals surface area contributed by atoms with Crippen LogP contribution in [-0.4, -0.2) is 32.7 Å². The van der Waals surface area contributed by atoms with Crippen molar-refractivity contribution in [3.05, 3.63) is 82.4 Å². The first-order chi connectivity index (χ1) is 15.5. The lowest BCUT2D eigenvalue weighted by molar-refractivity contribution is -0.384. The van der Waals surface area contributed by atoms with Gasteiger partial charge in [-0.3, -0.25) is 25.0 Å². The molecule has 0 aliphatic carbocycles. The predicted octanol–water partition coefficient (Wildman–Crippen LogP) is 4.58. The van der Waals surface area contributed by atoms with Crippen molar-refractivity contribution in [2.24, 2.45) is 0 Å². The quantitative estimate of drug-likeness (QED) is 0.177. The number of nitro benzene ring substituents is 1. The van der Waals surface area contributed by atoms with Crippen molar-refractivity contribution >= 4 is 62.2 Å². The SMILES string of the molecule is O=C(CSc1nnc(NC(=O)c2cccc3ccccc23)s1)Nc1ccc([N+](=O)[O-])cc1. The Kier molecular flexibility index (Phi) is 6.38. The fraction of sp³-hybridized carbons (Fsp3) is 0.0476. The zero-order chi connectivity index (χ0) is 22.5. The molecule has 0 bridgehead atoms. The molecule has 0 spiro atoms. The molecule has 160 valence electrons. The maximum Gasteiger partial charge on any atom is 0.269 e. The lowest BCUT2D eigenvalue weighted by Gasteiger charge is -2.05. The summed E-state index contributed by atoms with van der Waals surface area (Å²) in [7, 11) is 0. The molecule has 3 aromatic carbocycles. The van der Waals surface area contributed by atoms with E-state index in [4.69, 9.17) is 0 Å². The van der Waals surface area contributed by atoms with Gasteiger partial charge < -0.3 is 5.32 Å². The van der Waals surface area contributed by atoms with Gasteiger partial charge in [-0.05, 0) is 29.0 Å². The standard InChI is InChI=1S/C21H15N5O4S2/c27-18(22-14-8-10-15(11-9-14)26(29)30)12-31-21-25-24-20(32-21)23-19(28)17-7-3-5-13-4-1-2-6-16(13)17/h1-11H,12H2,(H,22,27)(H,23,24,28). The van der Waals surface area contributed by atoms with Crippen molar-refractivity contribution in [3.8, 4) is 0 Å². The lowest BCUT2D eigenvalue weighted by atomic mass is 10.0. The first-order valence-corrected chi connectivity index (χ1v) is 11.1. The fourth-order valence-corrected chi connectivity index (χ4v) is 4.44. The van der Waals surface area contributed by atoms with Gasteiger partial charge in [-0.2, -0.15) is 0 Å². The van der Waals surface area contributed by atoms with Crippen LogP contribution in [0.1, 0.15) is 10.4 Å². The highest BCUT2D eigenvalue weighted by Crippen LogP contribution is 2.27. The summed E-state index contributed by atoms with van der Waals surface area (Å²) in [4.78, 5) is 35.0. The summed E-state index contributed by atoms with van der Waals surface area (Å²) >= 11 is 2.34. The molecule has 1 aromatic heterocycles. The normalized spacial score (nSPS) is 10.6. The number of anilines is 2. The summed E-state index contributed by atoms with van der Waals surface area (Å²) in [5.41, 5.74) is 0.945. The zero-order valence-corrected chi connectivity index (χ0v) is 18.0. The van der Waals surface area contributed by atoms with Crippen molar-refractivity contribution in [1.82, 2.24) is 10.2 Å². The number of carbonyl (C=O) groups is 2. The van der Waals surface area contributed by atoms with E-state index < -0.39 is 4.92 Å². The molecule has 0 radical (unpaired) electrons. The van der Waals surface area contributed by atoms with Crippen LogP contribution in [0, 0.1) is 10.1 Å². The molecule has 4 rings (SSSR count). The Morgan fingerprint density at radius 3 is 2.50 bits per heavy atom. The molecule has 32 heavy (non-hydrogen) atoms. The number of nitrogens with one attached hydrogen (secondary N) is 2. The number of hydrogen-bond acceptors (Lipinski definition) is 8. The van der Waals surface area contributed by atoms with Crippen LogP contribution < -0.4 is 10.6 Å². The number of nitro groups is 1. The average molecular weight is 466 g/mol. The molecule has 0 atom stereocenters. The zero-order valence-electron chi connectivity index (χ0n) is 16.3. The second-order valence-electron chi connectivity index (χ2n) is 6.49. The Labute approximate surface area is 190 Å². The third kappa shape index (κ3) is 5.07. The number of aromatic nitrogens is 2. The van der Waals surface area contributed by atoms with Crippen LogP contribution in [-0.2, 0) is 4.79 Å². The molecule has 0 saturated heterocycles. The highest BCUT2D eigenvalue weighted by Gasteiger charge is 2.14. The van der Waals surface area contributed by atoms with E-state index in [-0.39, 0.29) is 23.3 Å². The Morgan fingerprint density at radius 1 is 0.969 bits per heavy atom. The van der Waals surface area contributed by atoms with Gasteiger partial charge in [0.15, 0.2) is 4.34 Å². The Balaban J connectivity index is 1.33. The first kappa shape index (κ1) is 21.4. The Morgan fingerprint density at radius 2 is 1.72 bits per heavy atom. The van der Waals surface area contributed by atoms with E-state index in [2.05, 4.69) is 20.8 Å². The largest absolute Gasteiger partial charge is 0.325 e. The molecule has 0 unspecified atom stereocenters. The minimum absolute atomic E-state index is 0.0516. The van der Waals surface area contributed by atoms with Gasteiger partial charge in [-0.15, -0.1) is 10.2 Å². The molecular weight excluding hydrogens is 450 g/mol. The molecule has 2 amide bonds. The number of hydrogen-bond donors (Lipinski definition) is 2. The molecule has 0 aliphatic heterocycles. The smallest absolute Gasteiger partial charge is 0.269 e. The summed E-state index contributed by atoms with van der Waals surface area (Å²) in [6.07, 6.45) is 0. The number of rotatable bonds is 7. The summed E-state index contributed by atoms with van der Waals surface area (Å²) in [5, 5.41) is 26.2. The third-order valence-corrected chi connectivity index (χ3v) is 6.32. The van der Waals surface area contributed by atoms with Crippen molar-refractivity contribution in [2.75, 3.05) is 16.4 Å². The second kappa shape index (κ2) is 9.54. The fourth-order valence-electron chi connectivity index (χ4n) is 2.90. The van der Waals surface area contributed by atoms with Crippen LogP contribution in [0.3, 0.4) is 0 Å². The summed E-state index contributed by atoms with van der Waals surface area (Å²) in [6, 6.07) is 18.7. The van der Waals surface area contributed by atoms with Crippen LogP contribution in [0.4, 0.5) is 16.5 Å². The number of fused-ring (bicyclic) bond motifs is 1. The van der Waals surface area contributed by atoms with Gasteiger partial charge in [0.05, 0.1) is 10.7 Å². The van der Waals surface area contributed by atoms with Crippen molar-refractivity contribution in [1.29, 1.82) is 0 Å². The second-order valence-corrected chi connectivity index (χ2v) is 8.69. The van der Waals surface area contributed by atoms with E-state index in [0.717, 1.165) is 10.8 Å². The number of amides is 2. The first-order valence-electron chi connectivity index (χ1n) is 9.29. The van der Waals surface area contributed by atoms with Gasteiger partial charge in [0.1, 0.15) is 0 Å². The Bertz CT molecular complexity index is 1300. The predicted molar refractivity (Wildman–Crippen MR) is 124 cm³/mol. The summed E-state index contributed by atoms with van der Waals surface area (Å²) < 4.78 is 0.525. The summed E-state index contributed by atoms with van der Waals surface area (Å²) in [6.45, 7) is 0. The van der Waals surface area contributed by atoms with Crippen LogP contribution in [0.2, 0.25) is 0 Å². The van der Waals surface area contributed by atoms with Gasteiger partial charge in [-0.1, -0.05) is 59.5 Å². The third-order valence-electron chi connectivity index (χ3n) is 4.35. The monoisotopic (exact) mass is 465 g/mol. The molecule has 0 aliphatic rings. The number of nitrogens with zero attached hydrogens (tertiary/aromatic N) is 3. The van der Waals surface area contributed by atoms with E-state index in [9.17, 15) is 19.7 Å². The van der Waals surface area contributed by atoms with Crippen LogP contribution >= 0.6 is 23.1 Å². The minimum Gasteiger partial charge on any atom is -0.325 e. The van der Waals surface area contributed by atoms with Gasteiger partial charge in [-0.25, -0.2) is 0 Å². The molecule has 9 nitrogen and oxygen atoms in total. The topological polar surface area (TPSA) is 127 Å². The van der Waals surface area contributed by atoms with E-state index in [1.165, 1.54) is 47.4 Å². The molecule has 0 fully saturated rings. The van der Waals surface area contributed by atoms with E-state index in [1.54, 1.807) is 6.07 Å². The van der Waals surface area contributed by atoms with Gasteiger partial charge in [0, 0.05) is 23.4 Å². The number of thioether (sulfide) groups is 1. The minimum atomic E-state index is -0.506. The van der Waals surface area contributed by atoms with Crippen molar-refractivity contribution < 1.29 is 14.5 Å². The van der Waals surface area contributed by atoms with E-state index in [0.29, 0.717) is 20.7 Å². The molecule has 0 saturated carbocycles. The molecule has 2 N–H and O–H groups in total. The van der Waals surface area contributed by atoms with Crippen LogP contribution in [0.15, 0.2) is 71.1 Å².